The van der Waals surface area contributed by atoms with Crippen molar-refractivity contribution in [1.82, 2.24) is 4.90 Å². The molecule has 0 spiro atoms. The van der Waals surface area contributed by atoms with Crippen LogP contribution in [0.3, 0.4) is 0 Å². The highest BCUT2D eigenvalue weighted by atomic mass is 16.5. The summed E-state index contributed by atoms with van der Waals surface area (Å²) in [4.78, 5) is 15.3. The number of nitrogens with one attached hydrogen (secondary N) is 1. The van der Waals surface area contributed by atoms with Crippen LogP contribution < -0.4 is 14.8 Å². The Balaban J connectivity index is 1.49. The molecule has 5 rings (SSSR count). The number of furan rings is 1. The van der Waals surface area contributed by atoms with E-state index in [0.29, 0.717) is 18.7 Å². The average molecular weight is 483 g/mol. The van der Waals surface area contributed by atoms with Gasteiger partial charge in [-0.3, -0.25) is 4.79 Å². The molecule has 1 aromatic heterocycles. The molecule has 0 fully saturated rings. The molecule has 36 heavy (non-hydrogen) atoms. The van der Waals surface area contributed by atoms with Crippen molar-refractivity contribution in [2.45, 2.75) is 40.1 Å². The number of carbonyl (C=O) groups is 1. The van der Waals surface area contributed by atoms with Crippen molar-refractivity contribution in [2.24, 2.45) is 0 Å². The number of aryl methyl sites for hydroxylation is 3. The van der Waals surface area contributed by atoms with Gasteiger partial charge in [0.2, 0.25) is 0 Å². The smallest absolute Gasteiger partial charge is 0.258 e. The lowest BCUT2D eigenvalue weighted by Crippen LogP contribution is -2.42. The molecule has 0 saturated heterocycles. The molecule has 0 bridgehead atoms. The van der Waals surface area contributed by atoms with Crippen LogP contribution >= 0.6 is 0 Å². The largest absolute Gasteiger partial charge is 0.496 e. The van der Waals surface area contributed by atoms with Crippen LogP contribution in [0.15, 0.2) is 77.4 Å². The number of fused-ring (bicyclic) bond motifs is 1. The van der Waals surface area contributed by atoms with Gasteiger partial charge in [0.25, 0.3) is 5.91 Å². The second-order valence-corrected chi connectivity index (χ2v) is 9.19. The monoisotopic (exact) mass is 482 g/mol. The highest BCUT2D eigenvalue weighted by Gasteiger charge is 2.33. The standard InChI is InChI=1S/C30H30N2O4/c1-19-14-20(2)28(21(3)15-19)36-18-23-16-22(11-12-27(23)34-4)29-31-26-10-6-5-9-25(26)30(33)32(29)17-24-8-7-13-35-24/h5-16,29,31H,17-18H2,1-4H3. The number of amides is 1. The molecule has 1 atom stereocenters. The number of para-hydroxylation sites is 1. The number of rotatable bonds is 7. The third-order valence-electron chi connectivity index (χ3n) is 6.53. The van der Waals surface area contributed by atoms with Crippen molar-refractivity contribution in [3.63, 3.8) is 0 Å². The minimum Gasteiger partial charge on any atom is -0.496 e. The predicted octanol–water partition coefficient (Wildman–Crippen LogP) is 6.56. The Bertz CT molecular complexity index is 1370. The molecular weight excluding hydrogens is 452 g/mol. The van der Waals surface area contributed by atoms with Gasteiger partial charge in [-0.15, -0.1) is 0 Å². The first kappa shape index (κ1) is 23.5. The van der Waals surface area contributed by atoms with Crippen LogP contribution in [0, 0.1) is 20.8 Å². The molecule has 1 unspecified atom stereocenters. The zero-order valence-corrected chi connectivity index (χ0v) is 21.0. The van der Waals surface area contributed by atoms with Gasteiger partial charge < -0.3 is 24.1 Å². The minimum absolute atomic E-state index is 0.0507. The van der Waals surface area contributed by atoms with Crippen LogP contribution in [-0.2, 0) is 13.2 Å². The summed E-state index contributed by atoms with van der Waals surface area (Å²) < 4.78 is 17.5. The summed E-state index contributed by atoms with van der Waals surface area (Å²) in [6.45, 7) is 6.89. The Morgan fingerprint density at radius 2 is 1.75 bits per heavy atom. The molecule has 1 N–H and O–H groups in total. The molecule has 6 nitrogen and oxygen atoms in total. The van der Waals surface area contributed by atoms with Crippen LogP contribution in [0.5, 0.6) is 11.5 Å². The van der Waals surface area contributed by atoms with Crippen molar-refractivity contribution in [3.8, 4) is 11.5 Å². The van der Waals surface area contributed by atoms with E-state index < -0.39 is 0 Å². The number of hydrogen-bond donors (Lipinski definition) is 1. The van der Waals surface area contributed by atoms with E-state index >= 15 is 0 Å². The number of carbonyl (C=O) groups excluding carboxylic acids is 1. The summed E-state index contributed by atoms with van der Waals surface area (Å²) >= 11 is 0. The maximum atomic E-state index is 13.5. The number of benzene rings is 3. The molecule has 0 aliphatic carbocycles. The third-order valence-corrected chi connectivity index (χ3v) is 6.53. The van der Waals surface area contributed by atoms with Gasteiger partial charge in [-0.1, -0.05) is 35.9 Å². The fraction of sp³-hybridized carbons (Fsp3) is 0.233. The number of ether oxygens (including phenoxy) is 2. The lowest BCUT2D eigenvalue weighted by Gasteiger charge is -2.38. The summed E-state index contributed by atoms with van der Waals surface area (Å²) in [6, 6.07) is 21.5. The van der Waals surface area contributed by atoms with Crippen LogP contribution in [0.2, 0.25) is 0 Å². The van der Waals surface area contributed by atoms with Gasteiger partial charge in [-0.05, 0) is 73.9 Å². The molecule has 0 radical (unpaired) electrons. The molecule has 3 aromatic carbocycles. The molecule has 1 amide bonds. The number of nitrogens with zero attached hydrogens (tertiary/aromatic N) is 1. The fourth-order valence-corrected chi connectivity index (χ4v) is 4.92. The van der Waals surface area contributed by atoms with Gasteiger partial charge in [0, 0.05) is 11.3 Å². The minimum atomic E-state index is -0.384. The van der Waals surface area contributed by atoms with E-state index in [1.807, 2.05) is 54.6 Å². The van der Waals surface area contributed by atoms with Gasteiger partial charge in [0.05, 0.1) is 25.5 Å². The summed E-state index contributed by atoms with van der Waals surface area (Å²) in [7, 11) is 1.66. The van der Waals surface area contributed by atoms with Gasteiger partial charge in [0.15, 0.2) is 0 Å². The quantitative estimate of drug-likeness (QED) is 0.323. The van der Waals surface area contributed by atoms with Gasteiger partial charge in [-0.25, -0.2) is 0 Å². The lowest BCUT2D eigenvalue weighted by atomic mass is 10.0. The van der Waals surface area contributed by atoms with Crippen molar-refractivity contribution in [1.29, 1.82) is 0 Å². The zero-order valence-electron chi connectivity index (χ0n) is 21.0. The van der Waals surface area contributed by atoms with E-state index in [2.05, 4.69) is 38.2 Å². The maximum absolute atomic E-state index is 13.5. The lowest BCUT2D eigenvalue weighted by molar-refractivity contribution is 0.0651. The maximum Gasteiger partial charge on any atom is 0.258 e. The topological polar surface area (TPSA) is 63.9 Å². The van der Waals surface area contributed by atoms with Crippen LogP contribution in [0.1, 0.15) is 50.1 Å². The van der Waals surface area contributed by atoms with Crippen molar-refractivity contribution in [3.05, 3.63) is 112 Å². The van der Waals surface area contributed by atoms with E-state index in [1.54, 1.807) is 18.3 Å². The van der Waals surface area contributed by atoms with E-state index in [0.717, 1.165) is 45.2 Å². The van der Waals surface area contributed by atoms with Crippen molar-refractivity contribution < 1.29 is 18.7 Å². The molecule has 1 aliphatic rings. The molecule has 6 heteroatoms. The molecule has 2 heterocycles. The first-order chi connectivity index (χ1) is 17.4. The van der Waals surface area contributed by atoms with Crippen molar-refractivity contribution in [2.75, 3.05) is 12.4 Å². The number of hydrogen-bond acceptors (Lipinski definition) is 5. The Kier molecular flexibility index (Phi) is 6.42. The Hall–Kier alpha value is -4.19. The normalized spacial score (nSPS) is 14.8. The van der Waals surface area contributed by atoms with Gasteiger partial charge >= 0.3 is 0 Å². The van der Waals surface area contributed by atoms with E-state index in [9.17, 15) is 4.79 Å². The van der Waals surface area contributed by atoms with E-state index in [4.69, 9.17) is 13.9 Å². The predicted molar refractivity (Wildman–Crippen MR) is 139 cm³/mol. The summed E-state index contributed by atoms with van der Waals surface area (Å²) in [5.74, 6) is 2.29. The Morgan fingerprint density at radius 3 is 2.47 bits per heavy atom. The van der Waals surface area contributed by atoms with E-state index in [-0.39, 0.29) is 12.1 Å². The molecule has 1 aliphatic heterocycles. The SMILES string of the molecule is COc1ccc(C2Nc3ccccc3C(=O)N2Cc2ccco2)cc1COc1c(C)cc(C)cc1C. The average Bonchev–Trinajstić information content (AvgIpc) is 3.38. The Labute approximate surface area is 211 Å². The molecule has 4 aromatic rings. The zero-order chi connectivity index (χ0) is 25.2. The number of anilines is 1. The van der Waals surface area contributed by atoms with Gasteiger partial charge in [0.1, 0.15) is 30.0 Å². The van der Waals surface area contributed by atoms with E-state index in [1.165, 1.54) is 5.56 Å². The molecule has 0 saturated carbocycles. The summed E-state index contributed by atoms with van der Waals surface area (Å²) in [6.07, 6.45) is 1.24. The first-order valence-electron chi connectivity index (χ1n) is 12.0. The molecular formula is C30H30N2O4. The van der Waals surface area contributed by atoms with Crippen molar-refractivity contribution >= 4 is 11.6 Å². The first-order valence-corrected chi connectivity index (χ1v) is 12.0. The summed E-state index contributed by atoms with van der Waals surface area (Å²) in [5.41, 5.74) is 6.70. The number of methoxy groups -OCH3 is 1. The highest BCUT2D eigenvalue weighted by Crippen LogP contribution is 2.36. The summed E-state index contributed by atoms with van der Waals surface area (Å²) in [5, 5.41) is 3.55. The Morgan fingerprint density at radius 1 is 0.972 bits per heavy atom. The second kappa shape index (κ2) is 9.82. The highest BCUT2D eigenvalue weighted by molar-refractivity contribution is 6.01. The second-order valence-electron chi connectivity index (χ2n) is 9.19. The fourth-order valence-electron chi connectivity index (χ4n) is 4.92. The van der Waals surface area contributed by atoms with Crippen LogP contribution in [-0.4, -0.2) is 17.9 Å². The third kappa shape index (κ3) is 4.54. The molecule has 184 valence electrons. The van der Waals surface area contributed by atoms with Gasteiger partial charge in [-0.2, -0.15) is 0 Å². The van der Waals surface area contributed by atoms with Crippen LogP contribution in [0.4, 0.5) is 5.69 Å². The van der Waals surface area contributed by atoms with Crippen LogP contribution in [0.25, 0.3) is 0 Å².